The molecule has 0 N–H and O–H groups in total. The van der Waals surface area contributed by atoms with E-state index in [4.69, 9.17) is 9.47 Å². The second-order valence-electron chi connectivity index (χ2n) is 10.7. The Morgan fingerprint density at radius 3 is 1.34 bits per heavy atom. The van der Waals surface area contributed by atoms with Gasteiger partial charge in [-0.3, -0.25) is 9.97 Å². The number of ether oxygens (including phenoxy) is 2. The first-order valence-corrected chi connectivity index (χ1v) is 14.4. The van der Waals surface area contributed by atoms with Crippen molar-refractivity contribution in [2.45, 2.75) is 57.8 Å². The van der Waals surface area contributed by atoms with E-state index in [1.54, 1.807) is 40.6 Å². The summed E-state index contributed by atoms with van der Waals surface area (Å²) < 4.78 is 11.1. The number of carbonyl (C=O) groups is 2. The molecule has 2 aromatic heterocycles. The summed E-state index contributed by atoms with van der Waals surface area (Å²) in [4.78, 5) is 36.1. The molecule has 0 radical (unpaired) electrons. The lowest BCUT2D eigenvalue weighted by Gasteiger charge is -2.13. The van der Waals surface area contributed by atoms with Gasteiger partial charge in [-0.1, -0.05) is 56.4 Å². The van der Waals surface area contributed by atoms with Gasteiger partial charge < -0.3 is 19.3 Å². The fourth-order valence-electron chi connectivity index (χ4n) is 4.89. The predicted octanol–water partition coefficient (Wildman–Crippen LogP) is 7.42. The van der Waals surface area contributed by atoms with Crippen molar-refractivity contribution in [1.29, 1.82) is 0 Å². The van der Waals surface area contributed by atoms with Crippen molar-refractivity contribution in [2.24, 2.45) is 0 Å². The molecule has 216 valence electrons. The highest BCUT2D eigenvalue weighted by atomic mass is 16.6. The zero-order valence-electron chi connectivity index (χ0n) is 24.6. The molecule has 8 heteroatoms. The lowest BCUT2D eigenvalue weighted by molar-refractivity contribution is 0.171. The van der Waals surface area contributed by atoms with Crippen LogP contribution in [0.25, 0.3) is 21.5 Å². The van der Waals surface area contributed by atoms with Crippen molar-refractivity contribution >= 4 is 33.7 Å². The van der Waals surface area contributed by atoms with Gasteiger partial charge in [0.15, 0.2) is 0 Å². The van der Waals surface area contributed by atoms with Gasteiger partial charge in [0, 0.05) is 73.5 Å². The van der Waals surface area contributed by atoms with E-state index >= 15 is 0 Å². The van der Waals surface area contributed by atoms with E-state index < -0.39 is 0 Å². The second kappa shape index (κ2) is 14.4. The predicted molar refractivity (Wildman–Crippen MR) is 163 cm³/mol. The monoisotopic (exact) mass is 556 g/mol. The van der Waals surface area contributed by atoms with Crippen molar-refractivity contribution in [3.05, 3.63) is 72.3 Å². The van der Waals surface area contributed by atoms with E-state index in [1.165, 1.54) is 29.1 Å². The van der Waals surface area contributed by atoms with Gasteiger partial charge in [-0.15, -0.1) is 0 Å². The van der Waals surface area contributed by atoms with Crippen LogP contribution in [0.3, 0.4) is 0 Å². The molecule has 41 heavy (non-hydrogen) atoms. The summed E-state index contributed by atoms with van der Waals surface area (Å²) in [5, 5.41) is 3.92. The molecule has 0 saturated heterocycles. The highest BCUT2D eigenvalue weighted by Gasteiger charge is 2.13. The number of hydrogen-bond acceptors (Lipinski definition) is 6. The van der Waals surface area contributed by atoms with E-state index in [0.717, 1.165) is 71.5 Å². The first kappa shape index (κ1) is 29.8. The van der Waals surface area contributed by atoms with E-state index in [0.29, 0.717) is 11.5 Å². The molecule has 0 aliphatic rings. The Balaban J connectivity index is 1.19. The zero-order valence-corrected chi connectivity index (χ0v) is 24.6. The number of fused-ring (bicyclic) bond motifs is 2. The number of unbranched alkanes of at least 4 members (excludes halogenated alkanes) is 6. The topological polar surface area (TPSA) is 84.9 Å². The largest absolute Gasteiger partial charge is 0.414 e. The average molecular weight is 557 g/mol. The van der Waals surface area contributed by atoms with E-state index in [1.807, 2.05) is 48.5 Å². The number of aromatic nitrogens is 2. The van der Waals surface area contributed by atoms with Gasteiger partial charge in [0.05, 0.1) is 0 Å². The van der Waals surface area contributed by atoms with Gasteiger partial charge in [-0.25, -0.2) is 9.59 Å². The SMILES string of the molecule is CN(C)C(=O)Oc1cccc2c(CCCCCCCCCc3nccc4c(OC(=O)N(C)C)cccc34)nccc12. The third-order valence-corrected chi connectivity index (χ3v) is 7.15. The Morgan fingerprint density at radius 2 is 0.951 bits per heavy atom. The minimum Gasteiger partial charge on any atom is -0.410 e. The van der Waals surface area contributed by atoms with Crippen molar-refractivity contribution in [2.75, 3.05) is 28.2 Å². The number of benzene rings is 2. The fourth-order valence-corrected chi connectivity index (χ4v) is 4.89. The first-order chi connectivity index (χ1) is 19.8. The molecule has 2 aromatic carbocycles. The van der Waals surface area contributed by atoms with Gasteiger partial charge in [0.25, 0.3) is 0 Å². The Labute approximate surface area is 242 Å². The van der Waals surface area contributed by atoms with Crippen LogP contribution in [0.15, 0.2) is 60.9 Å². The summed E-state index contributed by atoms with van der Waals surface area (Å²) in [5.41, 5.74) is 2.10. The third-order valence-electron chi connectivity index (χ3n) is 7.15. The quantitative estimate of drug-likeness (QED) is 0.169. The molecule has 0 aliphatic carbocycles. The number of hydrogen-bond donors (Lipinski definition) is 0. The average Bonchev–Trinajstić information content (AvgIpc) is 2.96. The van der Waals surface area contributed by atoms with Crippen molar-refractivity contribution in [3.8, 4) is 11.5 Å². The molecule has 0 saturated carbocycles. The highest BCUT2D eigenvalue weighted by Crippen LogP contribution is 2.29. The van der Waals surface area contributed by atoms with Gasteiger partial charge >= 0.3 is 12.2 Å². The summed E-state index contributed by atoms with van der Waals surface area (Å²) in [6, 6.07) is 15.4. The first-order valence-electron chi connectivity index (χ1n) is 14.4. The van der Waals surface area contributed by atoms with Gasteiger partial charge in [0.1, 0.15) is 11.5 Å². The number of carbonyl (C=O) groups excluding carboxylic acids is 2. The van der Waals surface area contributed by atoms with Crippen LogP contribution in [-0.2, 0) is 12.8 Å². The summed E-state index contributed by atoms with van der Waals surface area (Å²) in [6.45, 7) is 0. The summed E-state index contributed by atoms with van der Waals surface area (Å²) in [5.74, 6) is 1.13. The number of pyridine rings is 2. The van der Waals surface area contributed by atoms with E-state index in [2.05, 4.69) is 9.97 Å². The Morgan fingerprint density at radius 1 is 0.561 bits per heavy atom. The fraction of sp³-hybridized carbons (Fsp3) is 0.394. The van der Waals surface area contributed by atoms with Gasteiger partial charge in [-0.2, -0.15) is 0 Å². The number of rotatable bonds is 12. The molecule has 2 amide bonds. The van der Waals surface area contributed by atoms with Crippen LogP contribution in [0.4, 0.5) is 9.59 Å². The van der Waals surface area contributed by atoms with Gasteiger partial charge in [0.2, 0.25) is 0 Å². The van der Waals surface area contributed by atoms with Gasteiger partial charge in [-0.05, 0) is 49.9 Å². The standard InChI is InChI=1S/C33H40N4O4/c1-36(2)32(38)40-30-18-12-14-24-26(30)20-22-34-28(24)16-10-8-6-5-7-9-11-17-29-25-15-13-19-31(27(25)21-23-35-29)41-33(39)37(3)4/h12-15,18-23H,5-11,16-17H2,1-4H3. The van der Waals surface area contributed by atoms with E-state index in [9.17, 15) is 9.59 Å². The maximum atomic E-state index is 12.0. The molecule has 8 nitrogen and oxygen atoms in total. The third kappa shape index (κ3) is 7.93. The molecule has 4 aromatic rings. The summed E-state index contributed by atoms with van der Waals surface area (Å²) >= 11 is 0. The van der Waals surface area contributed by atoms with Crippen LogP contribution in [0.2, 0.25) is 0 Å². The Bertz CT molecular complexity index is 1370. The van der Waals surface area contributed by atoms with Crippen LogP contribution >= 0.6 is 0 Å². The normalized spacial score (nSPS) is 11.0. The summed E-state index contributed by atoms with van der Waals surface area (Å²) in [7, 11) is 6.69. The second-order valence-corrected chi connectivity index (χ2v) is 10.7. The van der Waals surface area contributed by atoms with Crippen LogP contribution in [0, 0.1) is 0 Å². The molecular weight excluding hydrogens is 516 g/mol. The smallest absolute Gasteiger partial charge is 0.410 e. The van der Waals surface area contributed by atoms with Crippen molar-refractivity contribution < 1.29 is 19.1 Å². The highest BCUT2D eigenvalue weighted by molar-refractivity contribution is 5.92. The molecule has 0 unspecified atom stereocenters. The van der Waals surface area contributed by atoms with Crippen LogP contribution in [0.1, 0.15) is 56.3 Å². The molecule has 0 fully saturated rings. The minimum atomic E-state index is -0.388. The van der Waals surface area contributed by atoms with Crippen LogP contribution in [0.5, 0.6) is 11.5 Å². The van der Waals surface area contributed by atoms with Crippen molar-refractivity contribution in [3.63, 3.8) is 0 Å². The van der Waals surface area contributed by atoms with Crippen LogP contribution in [-0.4, -0.2) is 60.1 Å². The number of nitrogens with zero attached hydrogens (tertiary/aromatic N) is 4. The molecule has 0 atom stereocenters. The molecule has 4 rings (SSSR count). The molecular formula is C33H40N4O4. The molecule has 0 spiro atoms. The molecule has 0 bridgehead atoms. The molecule has 0 aliphatic heterocycles. The lowest BCUT2D eigenvalue weighted by Crippen LogP contribution is -2.25. The minimum absolute atomic E-state index is 0.388. The van der Waals surface area contributed by atoms with Crippen molar-refractivity contribution in [1.82, 2.24) is 19.8 Å². The Kier molecular flexibility index (Phi) is 10.5. The van der Waals surface area contributed by atoms with Crippen LogP contribution < -0.4 is 9.47 Å². The maximum absolute atomic E-state index is 12.0. The molecule has 2 heterocycles. The van der Waals surface area contributed by atoms with E-state index in [-0.39, 0.29) is 12.2 Å². The maximum Gasteiger partial charge on any atom is 0.414 e. The number of amides is 2. The lowest BCUT2D eigenvalue weighted by atomic mass is 10.0. The Hall–Kier alpha value is -4.20. The zero-order chi connectivity index (χ0) is 29.2. The number of aryl methyl sites for hydroxylation is 2. The summed E-state index contributed by atoms with van der Waals surface area (Å²) in [6.07, 6.45) is 12.7.